The predicted octanol–water partition coefficient (Wildman–Crippen LogP) is 4.14. The lowest BCUT2D eigenvalue weighted by Gasteiger charge is -2.51. The van der Waals surface area contributed by atoms with E-state index in [0.29, 0.717) is 29.1 Å². The summed E-state index contributed by atoms with van der Waals surface area (Å²) in [6.07, 6.45) is 11.2. The van der Waals surface area contributed by atoms with E-state index in [1.54, 1.807) is 18.5 Å². The van der Waals surface area contributed by atoms with Crippen LogP contribution in [0.15, 0.2) is 42.9 Å². The normalized spacial score (nSPS) is 21.6. The van der Waals surface area contributed by atoms with Crippen molar-refractivity contribution in [2.45, 2.75) is 50.6 Å². The first kappa shape index (κ1) is 23.3. The van der Waals surface area contributed by atoms with Gasteiger partial charge < -0.3 is 10.2 Å². The van der Waals surface area contributed by atoms with Crippen molar-refractivity contribution in [2.24, 2.45) is 0 Å². The fourth-order valence-corrected chi connectivity index (χ4v) is 5.90. The van der Waals surface area contributed by atoms with Crippen molar-refractivity contribution in [1.29, 1.82) is 0 Å². The molecule has 0 bridgehead atoms. The Balaban J connectivity index is 1.43. The average molecular weight is 481 g/mol. The first-order valence-electron chi connectivity index (χ1n) is 12.3. The summed E-state index contributed by atoms with van der Waals surface area (Å²) in [6, 6.07) is 7.95. The molecule has 34 heavy (non-hydrogen) atoms. The molecule has 2 aliphatic rings. The van der Waals surface area contributed by atoms with Crippen LogP contribution in [0, 0.1) is 0 Å². The topological polar surface area (TPSA) is 66.3 Å². The number of halogens is 1. The molecule has 3 heterocycles. The number of nitrogens with zero attached hydrogens (tertiary/aromatic N) is 5. The largest absolute Gasteiger partial charge is 0.350 e. The monoisotopic (exact) mass is 480 g/mol. The van der Waals surface area contributed by atoms with Crippen molar-refractivity contribution in [3.05, 3.63) is 53.4 Å². The molecule has 5 rings (SSSR count). The number of hydrogen-bond donors (Lipinski definition) is 1. The van der Waals surface area contributed by atoms with Crippen LogP contribution in [0.25, 0.3) is 16.9 Å². The molecule has 1 saturated carbocycles. The van der Waals surface area contributed by atoms with E-state index in [2.05, 4.69) is 39.1 Å². The SMILES string of the molecule is C[C@H]1CN(C2(CNC(=O)c3cn(-c4ncccn4)c4cccc(Cl)c34)CCCCC2)CCN1C. The summed E-state index contributed by atoms with van der Waals surface area (Å²) < 4.78 is 1.84. The minimum Gasteiger partial charge on any atom is -0.350 e. The van der Waals surface area contributed by atoms with Crippen LogP contribution in [-0.4, -0.2) is 75.0 Å². The second kappa shape index (κ2) is 9.64. The van der Waals surface area contributed by atoms with E-state index in [9.17, 15) is 4.79 Å². The maximum Gasteiger partial charge on any atom is 0.253 e. The molecule has 2 aromatic heterocycles. The van der Waals surface area contributed by atoms with Crippen molar-refractivity contribution < 1.29 is 4.79 Å². The molecule has 1 amide bonds. The summed E-state index contributed by atoms with van der Waals surface area (Å²) in [4.78, 5) is 27.4. The number of carbonyl (C=O) groups excluding carboxylic acids is 1. The van der Waals surface area contributed by atoms with E-state index in [4.69, 9.17) is 11.6 Å². The summed E-state index contributed by atoms with van der Waals surface area (Å²) in [7, 11) is 2.20. The van der Waals surface area contributed by atoms with Crippen LogP contribution in [0.5, 0.6) is 0 Å². The Hall–Kier alpha value is -2.48. The maximum atomic E-state index is 13.6. The van der Waals surface area contributed by atoms with Gasteiger partial charge in [0.15, 0.2) is 0 Å². The lowest BCUT2D eigenvalue weighted by atomic mass is 9.79. The molecule has 7 nitrogen and oxygen atoms in total. The van der Waals surface area contributed by atoms with Crippen molar-refractivity contribution in [2.75, 3.05) is 33.2 Å². The third-order valence-electron chi connectivity index (χ3n) is 7.78. The zero-order valence-corrected chi connectivity index (χ0v) is 20.8. The molecule has 1 saturated heterocycles. The number of aromatic nitrogens is 3. The van der Waals surface area contributed by atoms with Gasteiger partial charge in [-0.25, -0.2) is 9.97 Å². The first-order chi connectivity index (χ1) is 16.5. The Morgan fingerprint density at radius 2 is 1.91 bits per heavy atom. The van der Waals surface area contributed by atoms with Crippen LogP contribution < -0.4 is 5.32 Å². The minimum atomic E-state index is -0.0973. The number of likely N-dealkylation sites (N-methyl/N-ethyl adjacent to an activating group) is 1. The third-order valence-corrected chi connectivity index (χ3v) is 8.10. The predicted molar refractivity (Wildman–Crippen MR) is 136 cm³/mol. The lowest BCUT2D eigenvalue weighted by molar-refractivity contribution is -0.00628. The molecule has 1 atom stereocenters. The van der Waals surface area contributed by atoms with Crippen molar-refractivity contribution in [1.82, 2.24) is 29.7 Å². The smallest absolute Gasteiger partial charge is 0.253 e. The summed E-state index contributed by atoms with van der Waals surface area (Å²) in [5, 5.41) is 4.60. The van der Waals surface area contributed by atoms with E-state index in [1.165, 1.54) is 19.3 Å². The quantitative estimate of drug-likeness (QED) is 0.594. The molecule has 180 valence electrons. The van der Waals surface area contributed by atoms with Crippen LogP contribution in [0.2, 0.25) is 5.02 Å². The molecule has 1 aliphatic heterocycles. The van der Waals surface area contributed by atoms with Gasteiger partial charge in [-0.2, -0.15) is 0 Å². The highest BCUT2D eigenvalue weighted by atomic mass is 35.5. The van der Waals surface area contributed by atoms with E-state index < -0.39 is 0 Å². The van der Waals surface area contributed by atoms with Crippen LogP contribution in [-0.2, 0) is 0 Å². The number of benzene rings is 1. The van der Waals surface area contributed by atoms with Gasteiger partial charge in [-0.3, -0.25) is 14.3 Å². The highest BCUT2D eigenvalue weighted by molar-refractivity contribution is 6.37. The van der Waals surface area contributed by atoms with Crippen LogP contribution in [0.4, 0.5) is 0 Å². The first-order valence-corrected chi connectivity index (χ1v) is 12.7. The Bertz CT molecular complexity index is 1160. The maximum absolute atomic E-state index is 13.6. The summed E-state index contributed by atoms with van der Waals surface area (Å²) in [5.74, 6) is 0.420. The molecule has 1 aromatic carbocycles. The van der Waals surface area contributed by atoms with Crippen LogP contribution in [0.1, 0.15) is 49.4 Å². The fraction of sp³-hybridized carbons (Fsp3) is 0.500. The molecule has 0 unspecified atom stereocenters. The standard InChI is InChI=1S/C26H33ClN6O/c1-19-16-32(15-14-31(19)2)26(10-4-3-5-11-26)18-30-24(34)20-17-33(25-28-12-7-13-29-25)22-9-6-8-21(27)23(20)22/h6-9,12-13,17,19H,3-5,10-11,14-16,18H2,1-2H3,(H,30,34)/t19-/m0/s1. The highest BCUT2D eigenvalue weighted by Gasteiger charge is 2.40. The van der Waals surface area contributed by atoms with Gasteiger partial charge in [-0.15, -0.1) is 0 Å². The molecule has 1 aliphatic carbocycles. The van der Waals surface area contributed by atoms with Gasteiger partial charge in [0, 0.05) is 61.7 Å². The zero-order valence-electron chi connectivity index (χ0n) is 20.0. The van der Waals surface area contributed by atoms with Gasteiger partial charge in [0.2, 0.25) is 5.95 Å². The van der Waals surface area contributed by atoms with Gasteiger partial charge in [0.05, 0.1) is 16.1 Å². The molecular formula is C26H33ClN6O. The van der Waals surface area contributed by atoms with Gasteiger partial charge in [-0.1, -0.05) is 36.9 Å². The van der Waals surface area contributed by atoms with Gasteiger partial charge >= 0.3 is 0 Å². The molecular weight excluding hydrogens is 448 g/mol. The number of piperazine rings is 1. The summed E-state index contributed by atoms with van der Waals surface area (Å²) >= 11 is 6.59. The second-order valence-electron chi connectivity index (χ2n) is 9.84. The highest BCUT2D eigenvalue weighted by Crippen LogP contribution is 2.35. The summed E-state index contributed by atoms with van der Waals surface area (Å²) in [6.45, 7) is 6.11. The van der Waals surface area contributed by atoms with E-state index in [-0.39, 0.29) is 11.4 Å². The number of rotatable bonds is 5. The second-order valence-corrected chi connectivity index (χ2v) is 10.2. The van der Waals surface area contributed by atoms with Crippen molar-refractivity contribution in [3.63, 3.8) is 0 Å². The van der Waals surface area contributed by atoms with Crippen molar-refractivity contribution >= 4 is 28.4 Å². The Kier molecular flexibility index (Phi) is 6.60. The number of hydrogen-bond acceptors (Lipinski definition) is 5. The molecule has 2 fully saturated rings. The van der Waals surface area contributed by atoms with Crippen LogP contribution in [0.3, 0.4) is 0 Å². The molecule has 0 radical (unpaired) electrons. The number of fused-ring (bicyclic) bond motifs is 1. The molecule has 1 N–H and O–H groups in total. The average Bonchev–Trinajstić information content (AvgIpc) is 3.26. The van der Waals surface area contributed by atoms with E-state index in [1.807, 2.05) is 29.0 Å². The zero-order chi connectivity index (χ0) is 23.7. The van der Waals surface area contributed by atoms with Gasteiger partial charge in [0.1, 0.15) is 0 Å². The van der Waals surface area contributed by atoms with Gasteiger partial charge in [-0.05, 0) is 45.0 Å². The number of carbonyl (C=O) groups is 1. The number of nitrogens with one attached hydrogen (secondary N) is 1. The lowest BCUT2D eigenvalue weighted by Crippen LogP contribution is -2.63. The number of amides is 1. The molecule has 3 aromatic rings. The van der Waals surface area contributed by atoms with Gasteiger partial charge in [0.25, 0.3) is 5.91 Å². The Morgan fingerprint density at radius 3 is 2.65 bits per heavy atom. The van der Waals surface area contributed by atoms with Crippen molar-refractivity contribution in [3.8, 4) is 5.95 Å². The molecule has 8 heteroatoms. The Morgan fingerprint density at radius 1 is 1.15 bits per heavy atom. The molecule has 0 spiro atoms. The minimum absolute atomic E-state index is 0.0220. The summed E-state index contributed by atoms with van der Waals surface area (Å²) in [5.41, 5.74) is 1.41. The fourth-order valence-electron chi connectivity index (χ4n) is 5.63. The van der Waals surface area contributed by atoms with Crippen LogP contribution >= 0.6 is 11.6 Å². The third kappa shape index (κ3) is 4.32. The Labute approximate surface area is 206 Å². The van der Waals surface area contributed by atoms with E-state index >= 15 is 0 Å². The van der Waals surface area contributed by atoms with E-state index in [0.717, 1.165) is 43.4 Å².